The first-order valence-corrected chi connectivity index (χ1v) is 6.50. The third-order valence-electron chi connectivity index (χ3n) is 2.53. The summed E-state index contributed by atoms with van der Waals surface area (Å²) in [6.07, 6.45) is 1.58. The molecule has 0 saturated carbocycles. The molecule has 0 unspecified atom stereocenters. The molecule has 0 aliphatic carbocycles. The molecule has 1 amide bonds. The fourth-order valence-electron chi connectivity index (χ4n) is 1.50. The second-order valence-corrected chi connectivity index (χ2v) is 5.05. The summed E-state index contributed by atoms with van der Waals surface area (Å²) < 4.78 is 0. The normalized spacial score (nSPS) is 10.3. The van der Waals surface area contributed by atoms with Crippen LogP contribution >= 0.6 is 34.8 Å². The van der Waals surface area contributed by atoms with Crippen molar-refractivity contribution < 1.29 is 4.79 Å². The van der Waals surface area contributed by atoms with Crippen LogP contribution in [0, 0.1) is 6.92 Å². The SMILES string of the molecule is Cc1ccnc(Cl)c1NC(=O)c1ccc(Cl)c(Cl)c1. The largest absolute Gasteiger partial charge is 0.319 e. The van der Waals surface area contributed by atoms with E-state index in [9.17, 15) is 4.79 Å². The summed E-state index contributed by atoms with van der Waals surface area (Å²) >= 11 is 17.6. The summed E-state index contributed by atoms with van der Waals surface area (Å²) in [6.45, 7) is 1.83. The number of nitrogens with zero attached hydrogens (tertiary/aromatic N) is 1. The Morgan fingerprint density at radius 3 is 2.53 bits per heavy atom. The summed E-state index contributed by atoms with van der Waals surface area (Å²) in [7, 11) is 0. The Hall–Kier alpha value is -1.29. The number of hydrogen-bond donors (Lipinski definition) is 1. The Morgan fingerprint density at radius 1 is 1.16 bits per heavy atom. The van der Waals surface area contributed by atoms with Crippen molar-refractivity contribution in [2.24, 2.45) is 0 Å². The molecule has 1 heterocycles. The molecule has 19 heavy (non-hydrogen) atoms. The van der Waals surface area contributed by atoms with Gasteiger partial charge in [0.25, 0.3) is 5.91 Å². The first-order chi connectivity index (χ1) is 8.99. The van der Waals surface area contributed by atoms with E-state index in [2.05, 4.69) is 10.3 Å². The number of pyridine rings is 1. The summed E-state index contributed by atoms with van der Waals surface area (Å²) in [4.78, 5) is 16.0. The van der Waals surface area contributed by atoms with E-state index < -0.39 is 0 Å². The van der Waals surface area contributed by atoms with Gasteiger partial charge in [-0.25, -0.2) is 4.98 Å². The number of anilines is 1. The molecule has 3 nitrogen and oxygen atoms in total. The van der Waals surface area contributed by atoms with Gasteiger partial charge >= 0.3 is 0 Å². The molecule has 98 valence electrons. The van der Waals surface area contributed by atoms with Gasteiger partial charge in [-0.15, -0.1) is 0 Å². The summed E-state index contributed by atoms with van der Waals surface area (Å²) in [5.41, 5.74) is 1.71. The number of halogens is 3. The third kappa shape index (κ3) is 3.18. The standard InChI is InChI=1S/C13H9Cl3N2O/c1-7-4-5-17-12(16)11(7)18-13(19)8-2-3-9(14)10(15)6-8/h2-6H,1H3,(H,18,19). The van der Waals surface area contributed by atoms with Gasteiger partial charge in [-0.3, -0.25) is 4.79 Å². The van der Waals surface area contributed by atoms with E-state index in [1.807, 2.05) is 6.92 Å². The highest BCUT2D eigenvalue weighted by Gasteiger charge is 2.12. The summed E-state index contributed by atoms with van der Waals surface area (Å²) in [5, 5.41) is 3.67. The number of carbonyl (C=O) groups excluding carboxylic acids is 1. The number of carbonyl (C=O) groups is 1. The molecule has 0 spiro atoms. The number of aryl methyl sites for hydroxylation is 1. The summed E-state index contributed by atoms with van der Waals surface area (Å²) in [6, 6.07) is 6.41. The Bertz CT molecular complexity index is 624. The molecule has 0 aliphatic rings. The van der Waals surface area contributed by atoms with Crippen LogP contribution < -0.4 is 5.32 Å². The monoisotopic (exact) mass is 314 g/mol. The lowest BCUT2D eigenvalue weighted by atomic mass is 10.2. The number of hydrogen-bond acceptors (Lipinski definition) is 2. The van der Waals surface area contributed by atoms with Crippen molar-refractivity contribution in [2.75, 3.05) is 5.32 Å². The minimum absolute atomic E-state index is 0.244. The van der Waals surface area contributed by atoms with Gasteiger partial charge in [0.1, 0.15) is 0 Å². The van der Waals surface area contributed by atoms with Crippen LogP contribution in [0.1, 0.15) is 15.9 Å². The lowest BCUT2D eigenvalue weighted by Crippen LogP contribution is -2.13. The van der Waals surface area contributed by atoms with Gasteiger partial charge in [0.05, 0.1) is 15.7 Å². The molecule has 0 bridgehead atoms. The fraction of sp³-hybridized carbons (Fsp3) is 0.0769. The van der Waals surface area contributed by atoms with Gasteiger partial charge < -0.3 is 5.32 Å². The highest BCUT2D eigenvalue weighted by Crippen LogP contribution is 2.25. The van der Waals surface area contributed by atoms with Crippen molar-refractivity contribution in [2.45, 2.75) is 6.92 Å². The zero-order valence-corrected chi connectivity index (χ0v) is 12.1. The van der Waals surface area contributed by atoms with Crippen LogP contribution in [0.4, 0.5) is 5.69 Å². The van der Waals surface area contributed by atoms with Gasteiger partial charge in [-0.1, -0.05) is 34.8 Å². The van der Waals surface area contributed by atoms with E-state index in [1.54, 1.807) is 24.4 Å². The fourth-order valence-corrected chi connectivity index (χ4v) is 2.05. The number of nitrogens with one attached hydrogen (secondary N) is 1. The molecule has 1 aromatic carbocycles. The minimum Gasteiger partial charge on any atom is -0.319 e. The molecule has 1 N–H and O–H groups in total. The number of amides is 1. The average molecular weight is 316 g/mol. The highest BCUT2D eigenvalue weighted by atomic mass is 35.5. The van der Waals surface area contributed by atoms with E-state index in [0.717, 1.165) is 5.56 Å². The van der Waals surface area contributed by atoms with Crippen LogP contribution in [-0.2, 0) is 0 Å². The Kier molecular flexibility index (Phi) is 4.30. The maximum Gasteiger partial charge on any atom is 0.255 e. The van der Waals surface area contributed by atoms with E-state index in [-0.39, 0.29) is 11.1 Å². The van der Waals surface area contributed by atoms with Crippen LogP contribution in [0.25, 0.3) is 0 Å². The Labute approximate surface area is 125 Å². The van der Waals surface area contributed by atoms with E-state index >= 15 is 0 Å². The average Bonchev–Trinajstić information content (AvgIpc) is 2.37. The highest BCUT2D eigenvalue weighted by molar-refractivity contribution is 6.42. The molecular weight excluding hydrogens is 307 g/mol. The van der Waals surface area contributed by atoms with Gasteiger partial charge in [0.15, 0.2) is 5.15 Å². The third-order valence-corrected chi connectivity index (χ3v) is 3.56. The minimum atomic E-state index is -0.323. The van der Waals surface area contributed by atoms with Crippen molar-refractivity contribution in [1.29, 1.82) is 0 Å². The topological polar surface area (TPSA) is 42.0 Å². The first kappa shape index (κ1) is 14.1. The predicted octanol–water partition coefficient (Wildman–Crippen LogP) is 4.60. The molecular formula is C13H9Cl3N2O. The molecule has 6 heteroatoms. The van der Waals surface area contributed by atoms with Crippen molar-refractivity contribution >= 4 is 46.4 Å². The second kappa shape index (κ2) is 5.78. The first-order valence-electron chi connectivity index (χ1n) is 5.36. The lowest BCUT2D eigenvalue weighted by Gasteiger charge is -2.09. The van der Waals surface area contributed by atoms with Crippen molar-refractivity contribution in [3.05, 3.63) is 56.8 Å². The molecule has 2 aromatic rings. The van der Waals surface area contributed by atoms with Crippen LogP contribution in [0.2, 0.25) is 15.2 Å². The summed E-state index contributed by atoms with van der Waals surface area (Å²) in [5.74, 6) is -0.323. The number of rotatable bonds is 2. The van der Waals surface area contributed by atoms with Crippen LogP contribution in [0.5, 0.6) is 0 Å². The molecule has 1 aromatic heterocycles. The van der Waals surface area contributed by atoms with Crippen molar-refractivity contribution in [3.8, 4) is 0 Å². The molecule has 0 aliphatic heterocycles. The van der Waals surface area contributed by atoms with Crippen molar-refractivity contribution in [3.63, 3.8) is 0 Å². The lowest BCUT2D eigenvalue weighted by molar-refractivity contribution is 0.102. The Morgan fingerprint density at radius 2 is 1.89 bits per heavy atom. The number of aromatic nitrogens is 1. The molecule has 0 atom stereocenters. The zero-order chi connectivity index (χ0) is 14.0. The van der Waals surface area contributed by atoms with E-state index in [0.29, 0.717) is 21.3 Å². The second-order valence-electron chi connectivity index (χ2n) is 3.88. The van der Waals surface area contributed by atoms with Crippen LogP contribution in [-0.4, -0.2) is 10.9 Å². The number of benzene rings is 1. The maximum atomic E-state index is 12.1. The van der Waals surface area contributed by atoms with E-state index in [1.165, 1.54) is 6.07 Å². The van der Waals surface area contributed by atoms with Gasteiger partial charge in [-0.05, 0) is 36.8 Å². The quantitative estimate of drug-likeness (QED) is 0.823. The van der Waals surface area contributed by atoms with Gasteiger partial charge in [0, 0.05) is 11.8 Å². The molecule has 0 fully saturated rings. The van der Waals surface area contributed by atoms with Crippen molar-refractivity contribution in [1.82, 2.24) is 4.98 Å². The molecule has 0 saturated heterocycles. The van der Waals surface area contributed by atoms with Crippen LogP contribution in [0.15, 0.2) is 30.5 Å². The Balaban J connectivity index is 2.28. The molecule has 2 rings (SSSR count). The maximum absolute atomic E-state index is 12.1. The smallest absolute Gasteiger partial charge is 0.255 e. The van der Waals surface area contributed by atoms with Gasteiger partial charge in [0.2, 0.25) is 0 Å². The predicted molar refractivity (Wildman–Crippen MR) is 78.4 cm³/mol. The molecule has 0 radical (unpaired) electrons. The van der Waals surface area contributed by atoms with Gasteiger partial charge in [-0.2, -0.15) is 0 Å². The van der Waals surface area contributed by atoms with E-state index in [4.69, 9.17) is 34.8 Å². The van der Waals surface area contributed by atoms with Crippen LogP contribution in [0.3, 0.4) is 0 Å². The zero-order valence-electron chi connectivity index (χ0n) is 9.88.